The van der Waals surface area contributed by atoms with E-state index in [0.717, 1.165) is 12.0 Å². The third-order valence-corrected chi connectivity index (χ3v) is 3.08. The van der Waals surface area contributed by atoms with Gasteiger partial charge in [0.1, 0.15) is 11.5 Å². The van der Waals surface area contributed by atoms with Crippen molar-refractivity contribution in [2.24, 2.45) is 0 Å². The van der Waals surface area contributed by atoms with Crippen LogP contribution in [0.5, 0.6) is 11.5 Å². The van der Waals surface area contributed by atoms with Crippen LogP contribution in [0.25, 0.3) is 0 Å². The zero-order valence-electron chi connectivity index (χ0n) is 13.8. The Morgan fingerprint density at radius 2 is 0.958 bits per heavy atom. The molecule has 3 aromatic rings. The molecule has 3 nitrogen and oxygen atoms in total. The summed E-state index contributed by atoms with van der Waals surface area (Å²) in [6.45, 7) is 1.97. The monoisotopic (exact) mass is 324 g/mol. The minimum Gasteiger partial charge on any atom is -0.508 e. The first-order valence-electron chi connectivity index (χ1n) is 7.84. The second kappa shape index (κ2) is 11.7. The highest BCUT2D eigenvalue weighted by Crippen LogP contribution is 2.14. The average Bonchev–Trinajstić information content (AvgIpc) is 2.64. The van der Waals surface area contributed by atoms with Gasteiger partial charge in [0, 0.05) is 0 Å². The fourth-order valence-corrected chi connectivity index (χ4v) is 1.77. The second-order valence-electron chi connectivity index (χ2n) is 5.01. The zero-order valence-corrected chi connectivity index (χ0v) is 13.8. The molecule has 1 unspecified atom stereocenters. The van der Waals surface area contributed by atoms with Gasteiger partial charge in [0.25, 0.3) is 0 Å². The lowest BCUT2D eigenvalue weighted by molar-refractivity contribution is 0.173. The van der Waals surface area contributed by atoms with Crippen molar-refractivity contribution in [3.63, 3.8) is 0 Å². The summed E-state index contributed by atoms with van der Waals surface area (Å²) < 4.78 is 0. The Bertz CT molecular complexity index is 602. The van der Waals surface area contributed by atoms with Crippen LogP contribution in [0.4, 0.5) is 0 Å². The lowest BCUT2D eigenvalue weighted by Crippen LogP contribution is -1.93. The summed E-state index contributed by atoms with van der Waals surface area (Å²) in [4.78, 5) is 0. The Labute approximate surface area is 143 Å². The van der Waals surface area contributed by atoms with E-state index < -0.39 is 0 Å². The largest absolute Gasteiger partial charge is 0.508 e. The highest BCUT2D eigenvalue weighted by Gasteiger charge is 2.00. The highest BCUT2D eigenvalue weighted by molar-refractivity contribution is 5.19. The molecule has 3 aromatic carbocycles. The van der Waals surface area contributed by atoms with Crippen LogP contribution in [-0.4, -0.2) is 15.3 Å². The average molecular weight is 324 g/mol. The summed E-state index contributed by atoms with van der Waals surface area (Å²) in [5, 5.41) is 26.6. The van der Waals surface area contributed by atoms with Gasteiger partial charge < -0.3 is 15.3 Å². The predicted octanol–water partition coefficient (Wildman–Crippen LogP) is 4.91. The lowest BCUT2D eigenvalue weighted by atomic mass is 10.1. The van der Waals surface area contributed by atoms with Gasteiger partial charge in [0.05, 0.1) is 6.10 Å². The minimum atomic E-state index is -0.291. The predicted molar refractivity (Wildman–Crippen MR) is 97.9 cm³/mol. The van der Waals surface area contributed by atoms with E-state index in [9.17, 15) is 5.11 Å². The lowest BCUT2D eigenvalue weighted by Gasteiger charge is -2.05. The smallest absolute Gasteiger partial charge is 0.115 e. The van der Waals surface area contributed by atoms with E-state index in [0.29, 0.717) is 11.5 Å². The summed E-state index contributed by atoms with van der Waals surface area (Å²) in [5.74, 6) is 0.644. The number of aliphatic hydroxyl groups excluding tert-OH is 1. The number of hydrogen-bond acceptors (Lipinski definition) is 3. The molecule has 0 spiro atoms. The summed E-state index contributed by atoms with van der Waals surface area (Å²) in [6.07, 6.45) is 0.491. The van der Waals surface area contributed by atoms with Gasteiger partial charge in [-0.25, -0.2) is 0 Å². The Hall–Kier alpha value is -2.78. The maximum Gasteiger partial charge on any atom is 0.115 e. The first-order chi connectivity index (χ1) is 11.6. The van der Waals surface area contributed by atoms with E-state index >= 15 is 0 Å². The molecule has 3 rings (SSSR count). The zero-order chi connectivity index (χ0) is 17.6. The van der Waals surface area contributed by atoms with Gasteiger partial charge in [0.2, 0.25) is 0 Å². The van der Waals surface area contributed by atoms with Crippen molar-refractivity contribution >= 4 is 0 Å². The van der Waals surface area contributed by atoms with Crippen molar-refractivity contribution in [2.45, 2.75) is 19.4 Å². The molecule has 3 heteroatoms. The maximum absolute atomic E-state index is 9.33. The van der Waals surface area contributed by atoms with E-state index in [1.54, 1.807) is 48.5 Å². The molecule has 0 fully saturated rings. The molecule has 0 radical (unpaired) electrons. The molecule has 3 N–H and O–H groups in total. The number of rotatable bonds is 2. The molecule has 0 aromatic heterocycles. The molecule has 0 amide bonds. The Kier molecular flexibility index (Phi) is 9.43. The van der Waals surface area contributed by atoms with E-state index in [-0.39, 0.29) is 6.10 Å². The van der Waals surface area contributed by atoms with E-state index in [1.807, 2.05) is 49.4 Å². The summed E-state index contributed by atoms with van der Waals surface area (Å²) in [5.41, 5.74) is 1.00. The molecule has 0 aliphatic heterocycles. The molecule has 0 aliphatic carbocycles. The van der Waals surface area contributed by atoms with Crippen molar-refractivity contribution in [3.8, 4) is 11.5 Å². The third-order valence-electron chi connectivity index (χ3n) is 3.08. The van der Waals surface area contributed by atoms with Gasteiger partial charge in [0.15, 0.2) is 0 Å². The van der Waals surface area contributed by atoms with Crippen molar-refractivity contribution < 1.29 is 15.3 Å². The quantitative estimate of drug-likeness (QED) is 0.627. The number of para-hydroxylation sites is 2. The standard InChI is InChI=1S/C9H12O.2C6H6O/c1-2-9(10)8-6-4-3-5-7-8;2*7-6-4-2-1-3-5-6/h3-7,9-10H,2H2,1H3;2*1-5,7H. The van der Waals surface area contributed by atoms with Crippen LogP contribution in [0.2, 0.25) is 0 Å². The van der Waals surface area contributed by atoms with Crippen LogP contribution in [0, 0.1) is 0 Å². The molecule has 1 atom stereocenters. The number of aromatic hydroxyl groups is 2. The highest BCUT2D eigenvalue weighted by atomic mass is 16.3. The van der Waals surface area contributed by atoms with Crippen LogP contribution in [0.15, 0.2) is 91.0 Å². The van der Waals surface area contributed by atoms with Gasteiger partial charge in [-0.3, -0.25) is 0 Å². The first kappa shape index (κ1) is 19.3. The number of hydrogen-bond donors (Lipinski definition) is 3. The van der Waals surface area contributed by atoms with Gasteiger partial charge in [-0.2, -0.15) is 0 Å². The maximum atomic E-state index is 9.33. The topological polar surface area (TPSA) is 60.7 Å². The molecule has 0 bridgehead atoms. The molecule has 0 aliphatic rings. The van der Waals surface area contributed by atoms with Crippen LogP contribution < -0.4 is 0 Å². The fourth-order valence-electron chi connectivity index (χ4n) is 1.77. The Morgan fingerprint density at radius 1 is 0.625 bits per heavy atom. The van der Waals surface area contributed by atoms with Crippen molar-refractivity contribution in [3.05, 3.63) is 96.6 Å². The van der Waals surface area contributed by atoms with E-state index in [4.69, 9.17) is 10.2 Å². The summed E-state index contributed by atoms with van der Waals surface area (Å²) in [6, 6.07) is 27.1. The molecule has 0 saturated carbocycles. The first-order valence-corrected chi connectivity index (χ1v) is 7.84. The molecule has 0 heterocycles. The normalized spacial score (nSPS) is 10.4. The summed E-state index contributed by atoms with van der Waals surface area (Å²) >= 11 is 0. The molecule has 0 saturated heterocycles. The van der Waals surface area contributed by atoms with E-state index in [1.165, 1.54) is 0 Å². The molecular formula is C21H24O3. The van der Waals surface area contributed by atoms with Gasteiger partial charge in [-0.15, -0.1) is 0 Å². The van der Waals surface area contributed by atoms with Crippen LogP contribution in [0.1, 0.15) is 25.0 Å². The SMILES string of the molecule is CCC(O)c1ccccc1.Oc1ccccc1.Oc1ccccc1. The molecule has 126 valence electrons. The fraction of sp³-hybridized carbons (Fsp3) is 0.143. The van der Waals surface area contributed by atoms with Crippen molar-refractivity contribution in [1.82, 2.24) is 0 Å². The van der Waals surface area contributed by atoms with E-state index in [2.05, 4.69) is 0 Å². The van der Waals surface area contributed by atoms with Crippen LogP contribution in [0.3, 0.4) is 0 Å². The van der Waals surface area contributed by atoms with Crippen LogP contribution in [-0.2, 0) is 0 Å². The van der Waals surface area contributed by atoms with Crippen LogP contribution >= 0.6 is 0 Å². The minimum absolute atomic E-state index is 0.291. The third kappa shape index (κ3) is 8.61. The number of aliphatic hydroxyl groups is 1. The second-order valence-corrected chi connectivity index (χ2v) is 5.01. The summed E-state index contributed by atoms with van der Waals surface area (Å²) in [7, 11) is 0. The Balaban J connectivity index is 0.000000185. The van der Waals surface area contributed by atoms with Gasteiger partial charge in [-0.05, 0) is 36.2 Å². The van der Waals surface area contributed by atoms with Gasteiger partial charge >= 0.3 is 0 Å². The molecular weight excluding hydrogens is 300 g/mol. The molecule has 24 heavy (non-hydrogen) atoms. The van der Waals surface area contributed by atoms with Crippen molar-refractivity contribution in [2.75, 3.05) is 0 Å². The van der Waals surface area contributed by atoms with Gasteiger partial charge in [-0.1, -0.05) is 73.7 Å². The number of benzene rings is 3. The number of phenols is 2. The number of phenolic OH excluding ortho intramolecular Hbond substituents is 2. The van der Waals surface area contributed by atoms with Crippen molar-refractivity contribution in [1.29, 1.82) is 0 Å². The Morgan fingerprint density at radius 3 is 1.21 bits per heavy atom.